The van der Waals surface area contributed by atoms with Gasteiger partial charge in [-0.1, -0.05) is 26.0 Å². The van der Waals surface area contributed by atoms with Gasteiger partial charge in [0.2, 0.25) is 0 Å². The standard InChI is InChI=1S/C14H22O3/c1-12(2)11-16-9-10-17-14-5-3-13(4-6-14)7-8-15/h3-6,12,15H,7-11H2,1-2H3. The van der Waals surface area contributed by atoms with Crippen LogP contribution >= 0.6 is 0 Å². The first-order valence-corrected chi connectivity index (χ1v) is 6.12. The van der Waals surface area contributed by atoms with Gasteiger partial charge in [0.25, 0.3) is 0 Å². The fourth-order valence-corrected chi connectivity index (χ4v) is 1.42. The van der Waals surface area contributed by atoms with Gasteiger partial charge >= 0.3 is 0 Å². The molecule has 0 saturated heterocycles. The molecular formula is C14H22O3. The monoisotopic (exact) mass is 238 g/mol. The van der Waals surface area contributed by atoms with Crippen LogP contribution in [0.3, 0.4) is 0 Å². The van der Waals surface area contributed by atoms with Gasteiger partial charge in [-0.3, -0.25) is 0 Å². The second-order valence-corrected chi connectivity index (χ2v) is 4.43. The highest BCUT2D eigenvalue weighted by Gasteiger charge is 1.97. The number of rotatable bonds is 8. The van der Waals surface area contributed by atoms with E-state index in [1.807, 2.05) is 24.3 Å². The van der Waals surface area contributed by atoms with Crippen molar-refractivity contribution in [3.8, 4) is 5.75 Å². The average Bonchev–Trinajstić information content (AvgIpc) is 2.31. The minimum atomic E-state index is 0.184. The Hall–Kier alpha value is -1.06. The summed E-state index contributed by atoms with van der Waals surface area (Å²) in [4.78, 5) is 0. The smallest absolute Gasteiger partial charge is 0.119 e. The van der Waals surface area contributed by atoms with Crippen LogP contribution in [0.5, 0.6) is 5.75 Å². The molecule has 0 saturated carbocycles. The SMILES string of the molecule is CC(C)COCCOc1ccc(CCO)cc1. The second kappa shape index (κ2) is 8.09. The Morgan fingerprint density at radius 1 is 1.12 bits per heavy atom. The summed E-state index contributed by atoms with van der Waals surface area (Å²) in [6.07, 6.45) is 0.692. The third-order valence-corrected chi connectivity index (χ3v) is 2.27. The van der Waals surface area contributed by atoms with Crippen molar-refractivity contribution in [2.75, 3.05) is 26.4 Å². The average molecular weight is 238 g/mol. The van der Waals surface area contributed by atoms with Crippen LogP contribution in [-0.4, -0.2) is 31.5 Å². The Kier molecular flexibility index (Phi) is 6.67. The van der Waals surface area contributed by atoms with Crippen LogP contribution in [0.15, 0.2) is 24.3 Å². The molecule has 0 aliphatic rings. The van der Waals surface area contributed by atoms with E-state index in [1.165, 1.54) is 0 Å². The lowest BCUT2D eigenvalue weighted by Crippen LogP contribution is -2.10. The summed E-state index contributed by atoms with van der Waals surface area (Å²) in [6.45, 7) is 6.41. The van der Waals surface area contributed by atoms with E-state index in [0.717, 1.165) is 17.9 Å². The van der Waals surface area contributed by atoms with Gasteiger partial charge in [-0.2, -0.15) is 0 Å². The third-order valence-electron chi connectivity index (χ3n) is 2.27. The molecule has 1 N–H and O–H groups in total. The first-order valence-electron chi connectivity index (χ1n) is 6.12. The minimum Gasteiger partial charge on any atom is -0.491 e. The quantitative estimate of drug-likeness (QED) is 0.706. The summed E-state index contributed by atoms with van der Waals surface area (Å²) in [5.41, 5.74) is 1.12. The number of hydrogen-bond acceptors (Lipinski definition) is 3. The molecule has 96 valence electrons. The van der Waals surface area contributed by atoms with Crippen molar-refractivity contribution in [2.45, 2.75) is 20.3 Å². The first-order chi connectivity index (χ1) is 8.22. The summed E-state index contributed by atoms with van der Waals surface area (Å²) in [7, 11) is 0. The lowest BCUT2D eigenvalue weighted by Gasteiger charge is -2.09. The third kappa shape index (κ3) is 6.29. The Bertz CT molecular complexity index is 293. The molecule has 1 aromatic rings. The van der Waals surface area contributed by atoms with Crippen LogP contribution in [0, 0.1) is 5.92 Å². The minimum absolute atomic E-state index is 0.184. The highest BCUT2D eigenvalue weighted by atomic mass is 16.5. The van der Waals surface area contributed by atoms with Crippen LogP contribution in [0.1, 0.15) is 19.4 Å². The van der Waals surface area contributed by atoms with E-state index in [2.05, 4.69) is 13.8 Å². The molecule has 3 nitrogen and oxygen atoms in total. The molecule has 0 heterocycles. The number of hydrogen-bond donors (Lipinski definition) is 1. The van der Waals surface area contributed by atoms with Crippen molar-refractivity contribution < 1.29 is 14.6 Å². The van der Waals surface area contributed by atoms with Gasteiger partial charge in [0.05, 0.1) is 6.61 Å². The number of ether oxygens (including phenoxy) is 2. The maximum atomic E-state index is 8.79. The largest absolute Gasteiger partial charge is 0.491 e. The van der Waals surface area contributed by atoms with Crippen molar-refractivity contribution in [1.29, 1.82) is 0 Å². The van der Waals surface area contributed by atoms with Gasteiger partial charge in [0, 0.05) is 13.2 Å². The lowest BCUT2D eigenvalue weighted by atomic mass is 10.1. The molecule has 1 aromatic carbocycles. The zero-order valence-electron chi connectivity index (χ0n) is 10.7. The molecule has 0 aliphatic heterocycles. The summed E-state index contributed by atoms with van der Waals surface area (Å²) in [5, 5.41) is 8.79. The molecular weight excluding hydrogens is 216 g/mol. The van der Waals surface area contributed by atoms with Crippen LogP contribution < -0.4 is 4.74 Å². The van der Waals surface area contributed by atoms with Crippen LogP contribution in [-0.2, 0) is 11.2 Å². The van der Waals surface area contributed by atoms with Gasteiger partial charge < -0.3 is 14.6 Å². The van der Waals surface area contributed by atoms with Gasteiger partial charge in [-0.05, 0) is 30.0 Å². The zero-order valence-corrected chi connectivity index (χ0v) is 10.7. The van der Waals surface area contributed by atoms with Gasteiger partial charge in [-0.25, -0.2) is 0 Å². The topological polar surface area (TPSA) is 38.7 Å². The number of aliphatic hydroxyl groups excluding tert-OH is 1. The maximum Gasteiger partial charge on any atom is 0.119 e. The predicted octanol–water partition coefficient (Wildman–Crippen LogP) is 2.27. The van der Waals surface area contributed by atoms with Crippen molar-refractivity contribution >= 4 is 0 Å². The molecule has 0 amide bonds. The first kappa shape index (κ1) is 14.0. The van der Waals surface area contributed by atoms with Crippen molar-refractivity contribution in [1.82, 2.24) is 0 Å². The Morgan fingerprint density at radius 3 is 2.41 bits per heavy atom. The van der Waals surface area contributed by atoms with Crippen LogP contribution in [0.4, 0.5) is 0 Å². The summed E-state index contributed by atoms with van der Waals surface area (Å²) >= 11 is 0. The molecule has 0 radical (unpaired) electrons. The Balaban J connectivity index is 2.18. The van der Waals surface area contributed by atoms with Crippen molar-refractivity contribution in [3.63, 3.8) is 0 Å². The highest BCUT2D eigenvalue weighted by molar-refractivity contribution is 5.27. The maximum absolute atomic E-state index is 8.79. The lowest BCUT2D eigenvalue weighted by molar-refractivity contribution is 0.0819. The van der Waals surface area contributed by atoms with E-state index in [4.69, 9.17) is 14.6 Å². The summed E-state index contributed by atoms with van der Waals surface area (Å²) in [6, 6.07) is 7.79. The van der Waals surface area contributed by atoms with E-state index >= 15 is 0 Å². The fraction of sp³-hybridized carbons (Fsp3) is 0.571. The normalized spacial score (nSPS) is 10.8. The van der Waals surface area contributed by atoms with E-state index < -0.39 is 0 Å². The Morgan fingerprint density at radius 2 is 1.82 bits per heavy atom. The molecule has 0 spiro atoms. The fourth-order valence-electron chi connectivity index (χ4n) is 1.42. The molecule has 0 bridgehead atoms. The molecule has 0 aromatic heterocycles. The van der Waals surface area contributed by atoms with E-state index in [1.54, 1.807) is 0 Å². The number of benzene rings is 1. The van der Waals surface area contributed by atoms with Crippen molar-refractivity contribution in [2.24, 2.45) is 5.92 Å². The van der Waals surface area contributed by atoms with Crippen molar-refractivity contribution in [3.05, 3.63) is 29.8 Å². The van der Waals surface area contributed by atoms with E-state index in [9.17, 15) is 0 Å². The summed E-state index contributed by atoms with van der Waals surface area (Å²) in [5.74, 6) is 1.41. The van der Waals surface area contributed by atoms with E-state index in [0.29, 0.717) is 25.6 Å². The van der Waals surface area contributed by atoms with Crippen LogP contribution in [0.25, 0.3) is 0 Å². The number of aliphatic hydroxyl groups is 1. The second-order valence-electron chi connectivity index (χ2n) is 4.43. The predicted molar refractivity (Wildman–Crippen MR) is 68.4 cm³/mol. The van der Waals surface area contributed by atoms with Gasteiger partial charge in [0.1, 0.15) is 12.4 Å². The van der Waals surface area contributed by atoms with Gasteiger partial charge in [-0.15, -0.1) is 0 Å². The zero-order chi connectivity index (χ0) is 12.5. The molecule has 1 rings (SSSR count). The molecule has 3 heteroatoms. The highest BCUT2D eigenvalue weighted by Crippen LogP contribution is 2.12. The Labute approximate surface area is 103 Å². The molecule has 0 aliphatic carbocycles. The molecule has 0 unspecified atom stereocenters. The van der Waals surface area contributed by atoms with Gasteiger partial charge in [0.15, 0.2) is 0 Å². The van der Waals surface area contributed by atoms with Crippen LogP contribution in [0.2, 0.25) is 0 Å². The van der Waals surface area contributed by atoms with E-state index in [-0.39, 0.29) is 6.61 Å². The molecule has 0 atom stereocenters. The molecule has 0 fully saturated rings. The summed E-state index contributed by atoms with van der Waals surface area (Å²) < 4.78 is 11.0. The molecule has 17 heavy (non-hydrogen) atoms.